The first kappa shape index (κ1) is 7.21. The molecule has 4 heteroatoms. The topological polar surface area (TPSA) is 35.0 Å². The molecule has 0 aliphatic carbocycles. The van der Waals surface area contributed by atoms with Gasteiger partial charge < -0.3 is 4.74 Å². The van der Waals surface area contributed by atoms with Gasteiger partial charge in [-0.3, -0.25) is 0 Å². The fraction of sp³-hybridized carbons (Fsp3) is 0.333. The second kappa shape index (κ2) is 4.00. The van der Waals surface area contributed by atoms with Gasteiger partial charge in [0, 0.05) is 0 Å². The Labute approximate surface area is 63.7 Å². The highest BCUT2D eigenvalue weighted by Crippen LogP contribution is 2.02. The predicted molar refractivity (Wildman–Crippen MR) is 39.1 cm³/mol. The highest BCUT2D eigenvalue weighted by molar-refractivity contribution is 6.99. The summed E-state index contributed by atoms with van der Waals surface area (Å²) in [5.74, 6) is 0.475. The van der Waals surface area contributed by atoms with Crippen molar-refractivity contribution in [1.82, 2.24) is 8.75 Å². The molecular formula is C6H7N2OS. The third-order valence-electron chi connectivity index (χ3n) is 0.858. The number of aromatic nitrogens is 2. The van der Waals surface area contributed by atoms with Gasteiger partial charge in [0.2, 0.25) is 0 Å². The lowest BCUT2D eigenvalue weighted by atomic mass is 10.5. The van der Waals surface area contributed by atoms with E-state index in [2.05, 4.69) is 14.9 Å². The van der Waals surface area contributed by atoms with Crippen molar-refractivity contribution in [2.24, 2.45) is 0 Å². The molecule has 53 valence electrons. The minimum Gasteiger partial charge on any atom is -0.471 e. The average Bonchev–Trinajstić information content (AvgIpc) is 2.41. The first-order chi connectivity index (χ1) is 4.93. The zero-order chi connectivity index (χ0) is 7.23. The number of allylic oxidation sites excluding steroid dienone is 1. The Balaban J connectivity index is 2.28. The third-order valence-corrected chi connectivity index (χ3v) is 1.28. The standard InChI is InChI=1S/C6H7N2OS/c1-2-3-4-9-6-5-7-10-8-6/h2-3H,4H2,1H3. The Morgan fingerprint density at radius 3 is 3.30 bits per heavy atom. The van der Waals surface area contributed by atoms with Crippen LogP contribution in [0.3, 0.4) is 0 Å². The molecule has 1 radical (unpaired) electrons. The van der Waals surface area contributed by atoms with E-state index in [4.69, 9.17) is 4.74 Å². The van der Waals surface area contributed by atoms with Gasteiger partial charge in [-0.15, -0.1) is 4.37 Å². The highest BCUT2D eigenvalue weighted by atomic mass is 32.1. The molecule has 0 saturated carbocycles. The Kier molecular flexibility index (Phi) is 2.89. The van der Waals surface area contributed by atoms with Gasteiger partial charge in [0.15, 0.2) is 6.20 Å². The molecule has 0 saturated heterocycles. The summed E-state index contributed by atoms with van der Waals surface area (Å²) in [6.45, 7) is 2.48. The predicted octanol–water partition coefficient (Wildman–Crippen LogP) is 1.29. The van der Waals surface area contributed by atoms with Crippen molar-refractivity contribution in [2.75, 3.05) is 6.61 Å². The van der Waals surface area contributed by atoms with Gasteiger partial charge in [-0.1, -0.05) is 12.2 Å². The van der Waals surface area contributed by atoms with E-state index >= 15 is 0 Å². The minimum absolute atomic E-state index is 0.475. The molecule has 1 heterocycles. The number of nitrogens with zero attached hydrogens (tertiary/aromatic N) is 2. The van der Waals surface area contributed by atoms with E-state index in [0.29, 0.717) is 12.5 Å². The van der Waals surface area contributed by atoms with Crippen molar-refractivity contribution >= 4 is 11.7 Å². The van der Waals surface area contributed by atoms with E-state index in [9.17, 15) is 0 Å². The molecule has 0 unspecified atom stereocenters. The lowest BCUT2D eigenvalue weighted by Crippen LogP contribution is -1.92. The van der Waals surface area contributed by atoms with Crippen molar-refractivity contribution in [2.45, 2.75) is 6.92 Å². The smallest absolute Gasteiger partial charge is 0.256 e. The Bertz CT molecular complexity index is 196. The Morgan fingerprint density at radius 1 is 1.80 bits per heavy atom. The molecule has 0 bridgehead atoms. The monoisotopic (exact) mass is 155 g/mol. The zero-order valence-corrected chi connectivity index (χ0v) is 6.39. The van der Waals surface area contributed by atoms with Crippen molar-refractivity contribution in [3.63, 3.8) is 0 Å². The first-order valence-corrected chi connectivity index (χ1v) is 3.60. The molecule has 1 aromatic rings. The number of ether oxygens (including phenoxy) is 1. The molecule has 0 amide bonds. The van der Waals surface area contributed by atoms with E-state index < -0.39 is 0 Å². The third kappa shape index (κ3) is 2.14. The van der Waals surface area contributed by atoms with Gasteiger partial charge in [-0.2, -0.15) is 4.37 Å². The van der Waals surface area contributed by atoms with E-state index in [1.807, 2.05) is 19.1 Å². The molecular weight excluding hydrogens is 148 g/mol. The Morgan fingerprint density at radius 2 is 2.70 bits per heavy atom. The summed E-state index contributed by atoms with van der Waals surface area (Å²) in [6.07, 6.45) is 6.41. The molecule has 3 nitrogen and oxygen atoms in total. The molecule has 0 aliphatic rings. The lowest BCUT2D eigenvalue weighted by Gasteiger charge is -1.92. The van der Waals surface area contributed by atoms with Crippen LogP contribution in [-0.2, 0) is 0 Å². The molecule has 10 heavy (non-hydrogen) atoms. The largest absolute Gasteiger partial charge is 0.471 e. The highest BCUT2D eigenvalue weighted by Gasteiger charge is 1.92. The molecule has 0 aliphatic heterocycles. The summed E-state index contributed by atoms with van der Waals surface area (Å²) < 4.78 is 12.5. The SMILES string of the molecule is CC=CCOc1[c]nsn1. The van der Waals surface area contributed by atoms with Crippen LogP contribution in [0, 0.1) is 6.20 Å². The average molecular weight is 155 g/mol. The molecule has 0 atom stereocenters. The second-order valence-electron chi connectivity index (χ2n) is 1.56. The Hall–Kier alpha value is -0.900. The maximum absolute atomic E-state index is 5.08. The van der Waals surface area contributed by atoms with E-state index in [0.717, 1.165) is 11.7 Å². The molecule has 0 spiro atoms. The van der Waals surface area contributed by atoms with Crippen LogP contribution < -0.4 is 4.74 Å². The van der Waals surface area contributed by atoms with Crippen LogP contribution in [0.2, 0.25) is 0 Å². The van der Waals surface area contributed by atoms with Crippen LogP contribution in [0.5, 0.6) is 5.88 Å². The van der Waals surface area contributed by atoms with E-state index in [1.54, 1.807) is 0 Å². The van der Waals surface area contributed by atoms with Crippen LogP contribution in [0.15, 0.2) is 12.2 Å². The van der Waals surface area contributed by atoms with Crippen LogP contribution in [-0.4, -0.2) is 15.4 Å². The van der Waals surface area contributed by atoms with Gasteiger partial charge in [0.1, 0.15) is 6.61 Å². The fourth-order valence-corrected chi connectivity index (χ4v) is 0.747. The summed E-state index contributed by atoms with van der Waals surface area (Å²) in [5, 5.41) is 0. The van der Waals surface area contributed by atoms with E-state index in [1.165, 1.54) is 0 Å². The maximum atomic E-state index is 5.08. The van der Waals surface area contributed by atoms with Crippen LogP contribution in [0.25, 0.3) is 0 Å². The quantitative estimate of drug-likeness (QED) is 0.617. The molecule has 0 aromatic carbocycles. The van der Waals surface area contributed by atoms with Gasteiger partial charge in [-0.05, 0) is 6.92 Å². The first-order valence-electron chi connectivity index (χ1n) is 2.87. The number of hydrogen-bond acceptors (Lipinski definition) is 4. The summed E-state index contributed by atoms with van der Waals surface area (Å²) >= 11 is 1.09. The van der Waals surface area contributed by atoms with Crippen molar-refractivity contribution in [3.05, 3.63) is 18.3 Å². The zero-order valence-electron chi connectivity index (χ0n) is 5.57. The van der Waals surface area contributed by atoms with Gasteiger partial charge in [0.25, 0.3) is 5.88 Å². The van der Waals surface area contributed by atoms with Gasteiger partial charge >= 0.3 is 0 Å². The van der Waals surface area contributed by atoms with Crippen molar-refractivity contribution < 1.29 is 4.74 Å². The number of hydrogen-bond donors (Lipinski definition) is 0. The minimum atomic E-state index is 0.475. The maximum Gasteiger partial charge on any atom is 0.256 e. The lowest BCUT2D eigenvalue weighted by molar-refractivity contribution is 0.350. The molecule has 0 fully saturated rings. The molecule has 1 aromatic heterocycles. The van der Waals surface area contributed by atoms with Crippen LogP contribution >= 0.6 is 11.7 Å². The van der Waals surface area contributed by atoms with Gasteiger partial charge in [0.05, 0.1) is 11.7 Å². The second-order valence-corrected chi connectivity index (χ2v) is 2.09. The summed E-state index contributed by atoms with van der Waals surface area (Å²) in [6, 6.07) is 0. The van der Waals surface area contributed by atoms with Crippen LogP contribution in [0.4, 0.5) is 0 Å². The molecule has 0 N–H and O–H groups in total. The summed E-state index contributed by atoms with van der Waals surface area (Å²) in [4.78, 5) is 0. The van der Waals surface area contributed by atoms with Gasteiger partial charge in [-0.25, -0.2) is 0 Å². The summed E-state index contributed by atoms with van der Waals surface area (Å²) in [5.41, 5.74) is 0. The fourth-order valence-electron chi connectivity index (χ4n) is 0.419. The van der Waals surface area contributed by atoms with Crippen molar-refractivity contribution in [1.29, 1.82) is 0 Å². The van der Waals surface area contributed by atoms with E-state index in [-0.39, 0.29) is 0 Å². The van der Waals surface area contributed by atoms with Crippen LogP contribution in [0.1, 0.15) is 6.92 Å². The van der Waals surface area contributed by atoms with Crippen molar-refractivity contribution in [3.8, 4) is 5.88 Å². The normalized spacial score (nSPS) is 10.5. The summed E-state index contributed by atoms with van der Waals surface area (Å²) in [7, 11) is 0. The molecule has 1 rings (SSSR count). The number of rotatable bonds is 3.